The zero-order valence-electron chi connectivity index (χ0n) is 12.0. The molecule has 2 nitrogen and oxygen atoms in total. The van der Waals surface area contributed by atoms with Crippen LogP contribution in [0.3, 0.4) is 0 Å². The van der Waals surface area contributed by atoms with Crippen molar-refractivity contribution in [3.05, 3.63) is 48.2 Å². The van der Waals surface area contributed by atoms with E-state index < -0.39 is 0 Å². The fourth-order valence-corrected chi connectivity index (χ4v) is 2.42. The van der Waals surface area contributed by atoms with E-state index in [4.69, 9.17) is 15.9 Å². The lowest BCUT2D eigenvalue weighted by atomic mass is 9.96. The standard InChI is InChI=1S/C18H22O2/c1-3-7-15(2)12-18-13-17(10-11-19-18)20-14-16-8-5-4-6-9-16/h1,4-6,8-11,15,17-18H,7,12-14H2,2H3/t15-,17?,18+/m0/s1. The molecule has 1 unspecified atom stereocenters. The van der Waals surface area contributed by atoms with Gasteiger partial charge in [-0.1, -0.05) is 37.3 Å². The minimum atomic E-state index is 0.131. The minimum Gasteiger partial charge on any atom is -0.498 e. The van der Waals surface area contributed by atoms with Crippen molar-refractivity contribution in [2.24, 2.45) is 5.92 Å². The normalized spacial score (nSPS) is 22.8. The van der Waals surface area contributed by atoms with Gasteiger partial charge in [0.2, 0.25) is 0 Å². The van der Waals surface area contributed by atoms with Gasteiger partial charge in [-0.2, -0.15) is 0 Å². The van der Waals surface area contributed by atoms with Gasteiger partial charge in [0, 0.05) is 12.8 Å². The predicted octanol–water partition coefficient (Wildman–Crippen LogP) is 3.92. The zero-order valence-corrected chi connectivity index (χ0v) is 12.0. The third-order valence-electron chi connectivity index (χ3n) is 3.50. The van der Waals surface area contributed by atoms with E-state index in [1.165, 1.54) is 5.56 Å². The van der Waals surface area contributed by atoms with Crippen molar-refractivity contribution >= 4 is 0 Å². The number of hydrogen-bond donors (Lipinski definition) is 0. The average molecular weight is 270 g/mol. The minimum absolute atomic E-state index is 0.131. The maximum absolute atomic E-state index is 5.93. The molecule has 0 aromatic heterocycles. The van der Waals surface area contributed by atoms with Gasteiger partial charge in [-0.15, -0.1) is 12.3 Å². The van der Waals surface area contributed by atoms with E-state index in [0.29, 0.717) is 12.5 Å². The maximum atomic E-state index is 5.93. The van der Waals surface area contributed by atoms with Crippen molar-refractivity contribution in [1.82, 2.24) is 0 Å². The quantitative estimate of drug-likeness (QED) is 0.729. The van der Waals surface area contributed by atoms with Crippen LogP contribution >= 0.6 is 0 Å². The van der Waals surface area contributed by atoms with Crippen molar-refractivity contribution in [3.8, 4) is 12.3 Å². The van der Waals surface area contributed by atoms with Crippen molar-refractivity contribution in [2.75, 3.05) is 0 Å². The Labute approximate surface area is 121 Å². The van der Waals surface area contributed by atoms with Crippen LogP contribution in [0.2, 0.25) is 0 Å². The summed E-state index contributed by atoms with van der Waals surface area (Å²) in [5, 5.41) is 0. The Morgan fingerprint density at radius 3 is 2.95 bits per heavy atom. The molecule has 2 rings (SSSR count). The Morgan fingerprint density at radius 2 is 2.20 bits per heavy atom. The Morgan fingerprint density at radius 1 is 1.40 bits per heavy atom. The SMILES string of the molecule is C#CC[C@H](C)C[C@@H]1CC(OCc2ccccc2)C=CO1. The molecule has 0 fully saturated rings. The first-order chi connectivity index (χ1) is 9.78. The number of terminal acetylenes is 1. The maximum Gasteiger partial charge on any atom is 0.101 e. The third-order valence-corrected chi connectivity index (χ3v) is 3.50. The molecule has 1 aromatic carbocycles. The van der Waals surface area contributed by atoms with E-state index >= 15 is 0 Å². The highest BCUT2D eigenvalue weighted by atomic mass is 16.5. The second-order valence-electron chi connectivity index (χ2n) is 5.41. The molecule has 1 aromatic rings. The fraction of sp³-hybridized carbons (Fsp3) is 0.444. The van der Waals surface area contributed by atoms with E-state index in [1.54, 1.807) is 6.26 Å². The number of benzene rings is 1. The molecule has 20 heavy (non-hydrogen) atoms. The van der Waals surface area contributed by atoms with Gasteiger partial charge in [0.25, 0.3) is 0 Å². The molecular weight excluding hydrogens is 248 g/mol. The first kappa shape index (κ1) is 14.7. The van der Waals surface area contributed by atoms with E-state index in [2.05, 4.69) is 25.0 Å². The van der Waals surface area contributed by atoms with E-state index in [-0.39, 0.29) is 12.2 Å². The van der Waals surface area contributed by atoms with Gasteiger partial charge in [-0.25, -0.2) is 0 Å². The Balaban J connectivity index is 1.78. The largest absolute Gasteiger partial charge is 0.498 e. The van der Waals surface area contributed by atoms with Crippen LogP contribution < -0.4 is 0 Å². The highest BCUT2D eigenvalue weighted by Gasteiger charge is 2.21. The van der Waals surface area contributed by atoms with Gasteiger partial charge >= 0.3 is 0 Å². The number of rotatable bonds is 6. The zero-order chi connectivity index (χ0) is 14.2. The summed E-state index contributed by atoms with van der Waals surface area (Å²) in [6.45, 7) is 2.81. The van der Waals surface area contributed by atoms with Crippen molar-refractivity contribution in [2.45, 2.75) is 45.0 Å². The Hall–Kier alpha value is -1.72. The van der Waals surface area contributed by atoms with Gasteiger partial charge in [-0.05, 0) is 24.0 Å². The fourth-order valence-electron chi connectivity index (χ4n) is 2.42. The summed E-state index contributed by atoms with van der Waals surface area (Å²) in [6.07, 6.45) is 12.1. The van der Waals surface area contributed by atoms with Crippen LogP contribution in [-0.4, -0.2) is 12.2 Å². The number of hydrogen-bond acceptors (Lipinski definition) is 2. The third kappa shape index (κ3) is 4.75. The van der Waals surface area contributed by atoms with Crippen LogP contribution in [0.25, 0.3) is 0 Å². The molecule has 0 saturated carbocycles. The average Bonchev–Trinajstić information content (AvgIpc) is 2.47. The molecular formula is C18H22O2. The highest BCUT2D eigenvalue weighted by Crippen LogP contribution is 2.22. The molecule has 3 atom stereocenters. The summed E-state index contributed by atoms with van der Waals surface area (Å²) in [5.74, 6) is 3.20. The molecule has 2 heteroatoms. The van der Waals surface area contributed by atoms with Crippen molar-refractivity contribution in [3.63, 3.8) is 0 Å². The first-order valence-corrected chi connectivity index (χ1v) is 7.19. The Kier molecular flexibility index (Phi) is 5.70. The van der Waals surface area contributed by atoms with Gasteiger partial charge in [0.05, 0.1) is 19.0 Å². The van der Waals surface area contributed by atoms with Crippen LogP contribution in [0, 0.1) is 18.3 Å². The molecule has 0 bridgehead atoms. The topological polar surface area (TPSA) is 18.5 Å². The van der Waals surface area contributed by atoms with Crippen molar-refractivity contribution < 1.29 is 9.47 Å². The smallest absolute Gasteiger partial charge is 0.101 e. The number of ether oxygens (including phenoxy) is 2. The summed E-state index contributed by atoms with van der Waals surface area (Å²) in [4.78, 5) is 0. The van der Waals surface area contributed by atoms with Crippen LogP contribution in [-0.2, 0) is 16.1 Å². The summed E-state index contributed by atoms with van der Waals surface area (Å²) in [6, 6.07) is 10.2. The summed E-state index contributed by atoms with van der Waals surface area (Å²) < 4.78 is 11.6. The molecule has 1 heterocycles. The summed E-state index contributed by atoms with van der Waals surface area (Å²) >= 11 is 0. The second-order valence-corrected chi connectivity index (χ2v) is 5.41. The lowest BCUT2D eigenvalue weighted by molar-refractivity contribution is 0.000833. The molecule has 0 N–H and O–H groups in total. The highest BCUT2D eigenvalue weighted by molar-refractivity contribution is 5.13. The molecule has 1 aliphatic heterocycles. The molecule has 0 spiro atoms. The molecule has 0 radical (unpaired) electrons. The summed E-state index contributed by atoms with van der Waals surface area (Å²) in [7, 11) is 0. The van der Waals surface area contributed by atoms with E-state index in [1.807, 2.05) is 24.3 Å². The van der Waals surface area contributed by atoms with Crippen LogP contribution in [0.1, 0.15) is 31.7 Å². The molecule has 1 aliphatic rings. The lowest BCUT2D eigenvalue weighted by Crippen LogP contribution is -2.26. The van der Waals surface area contributed by atoms with E-state index in [9.17, 15) is 0 Å². The molecule has 0 saturated heterocycles. The monoisotopic (exact) mass is 270 g/mol. The van der Waals surface area contributed by atoms with Gasteiger partial charge in [0.1, 0.15) is 6.10 Å². The van der Waals surface area contributed by atoms with Crippen LogP contribution in [0.4, 0.5) is 0 Å². The second kappa shape index (κ2) is 7.77. The molecule has 0 amide bonds. The predicted molar refractivity (Wildman–Crippen MR) is 80.9 cm³/mol. The van der Waals surface area contributed by atoms with Gasteiger partial charge in [0.15, 0.2) is 0 Å². The lowest BCUT2D eigenvalue weighted by Gasteiger charge is -2.27. The molecule has 0 aliphatic carbocycles. The van der Waals surface area contributed by atoms with Gasteiger partial charge < -0.3 is 9.47 Å². The van der Waals surface area contributed by atoms with Gasteiger partial charge in [-0.3, -0.25) is 0 Å². The van der Waals surface area contributed by atoms with Crippen LogP contribution in [0.5, 0.6) is 0 Å². The van der Waals surface area contributed by atoms with E-state index in [0.717, 1.165) is 19.3 Å². The first-order valence-electron chi connectivity index (χ1n) is 7.19. The van der Waals surface area contributed by atoms with Crippen LogP contribution in [0.15, 0.2) is 42.7 Å². The molecule has 106 valence electrons. The van der Waals surface area contributed by atoms with Crippen molar-refractivity contribution in [1.29, 1.82) is 0 Å². The Bertz CT molecular complexity index is 458. The summed E-state index contributed by atoms with van der Waals surface area (Å²) in [5.41, 5.74) is 1.20.